The lowest BCUT2D eigenvalue weighted by Crippen LogP contribution is -2.39. The first kappa shape index (κ1) is 19.1. The summed E-state index contributed by atoms with van der Waals surface area (Å²) in [7, 11) is 1.76. The molecule has 0 aliphatic carbocycles. The van der Waals surface area contributed by atoms with Crippen molar-refractivity contribution in [2.45, 2.75) is 40.0 Å². The summed E-state index contributed by atoms with van der Waals surface area (Å²) in [5, 5.41) is 9.38. The molecule has 0 fully saturated rings. The molecule has 0 saturated heterocycles. The van der Waals surface area contributed by atoms with Crippen LogP contribution in [0.15, 0.2) is 21.7 Å². The molecule has 0 radical (unpaired) electrons. The predicted octanol–water partition coefficient (Wildman–Crippen LogP) is 2.31. The molecule has 3 N–H and O–H groups in total. The van der Waals surface area contributed by atoms with Crippen LogP contribution < -0.4 is 16.0 Å². The third-order valence-electron chi connectivity index (χ3n) is 3.47. The zero-order valence-electron chi connectivity index (χ0n) is 14.7. The van der Waals surface area contributed by atoms with Gasteiger partial charge >= 0.3 is 0 Å². The Morgan fingerprint density at radius 2 is 1.83 bits per heavy atom. The van der Waals surface area contributed by atoms with Gasteiger partial charge in [-0.1, -0.05) is 13.8 Å². The molecule has 1 heterocycles. The SMILES string of the molecule is CN=C(NCCCNC(=O)c1occc1C)NCCCC(C)C. The standard InChI is InChI=1S/C17H30N4O2/c1-13(2)7-5-9-20-17(18-4)21-11-6-10-19-16(22)15-14(3)8-12-23-15/h8,12-13H,5-7,9-11H2,1-4H3,(H,19,22)(H2,18,20,21). The highest BCUT2D eigenvalue weighted by Gasteiger charge is 2.11. The maximum Gasteiger partial charge on any atom is 0.287 e. The molecule has 6 nitrogen and oxygen atoms in total. The lowest BCUT2D eigenvalue weighted by Gasteiger charge is -2.12. The van der Waals surface area contributed by atoms with Gasteiger partial charge in [0.2, 0.25) is 0 Å². The fraction of sp³-hybridized carbons (Fsp3) is 0.647. The summed E-state index contributed by atoms with van der Waals surface area (Å²) >= 11 is 0. The zero-order valence-corrected chi connectivity index (χ0v) is 14.7. The number of nitrogens with one attached hydrogen (secondary N) is 3. The number of furan rings is 1. The van der Waals surface area contributed by atoms with Gasteiger partial charge in [0.15, 0.2) is 11.7 Å². The van der Waals surface area contributed by atoms with Crippen LogP contribution in [0.4, 0.5) is 0 Å². The summed E-state index contributed by atoms with van der Waals surface area (Å²) in [6.45, 7) is 8.58. The van der Waals surface area contributed by atoms with Crippen molar-refractivity contribution in [3.05, 3.63) is 23.7 Å². The van der Waals surface area contributed by atoms with E-state index in [2.05, 4.69) is 34.8 Å². The lowest BCUT2D eigenvalue weighted by atomic mass is 10.1. The van der Waals surface area contributed by atoms with Gasteiger partial charge < -0.3 is 20.4 Å². The number of aryl methyl sites for hydroxylation is 1. The molecule has 1 rings (SSSR count). The van der Waals surface area contributed by atoms with Gasteiger partial charge in [0.1, 0.15) is 0 Å². The van der Waals surface area contributed by atoms with Crippen LogP contribution >= 0.6 is 0 Å². The second-order valence-electron chi connectivity index (χ2n) is 6.00. The topological polar surface area (TPSA) is 78.7 Å². The average molecular weight is 322 g/mol. The fourth-order valence-electron chi connectivity index (χ4n) is 2.12. The van der Waals surface area contributed by atoms with Crippen LogP contribution in [-0.4, -0.2) is 38.5 Å². The number of guanidine groups is 1. The molecule has 1 aromatic rings. The van der Waals surface area contributed by atoms with Crippen molar-refractivity contribution < 1.29 is 9.21 Å². The number of carbonyl (C=O) groups is 1. The molecule has 130 valence electrons. The van der Waals surface area contributed by atoms with Gasteiger partial charge in [0.05, 0.1) is 6.26 Å². The molecule has 0 atom stereocenters. The van der Waals surface area contributed by atoms with Crippen LogP contribution in [0, 0.1) is 12.8 Å². The van der Waals surface area contributed by atoms with Gasteiger partial charge in [0, 0.05) is 32.2 Å². The molecule has 23 heavy (non-hydrogen) atoms. The Kier molecular flexibility index (Phi) is 8.87. The van der Waals surface area contributed by atoms with E-state index in [1.54, 1.807) is 13.1 Å². The summed E-state index contributed by atoms with van der Waals surface area (Å²) in [4.78, 5) is 16.0. The highest BCUT2D eigenvalue weighted by molar-refractivity contribution is 5.92. The van der Waals surface area contributed by atoms with Crippen LogP contribution in [-0.2, 0) is 0 Å². The number of nitrogens with zero attached hydrogens (tertiary/aromatic N) is 1. The first-order valence-corrected chi connectivity index (χ1v) is 8.31. The van der Waals surface area contributed by atoms with Crippen molar-refractivity contribution in [1.82, 2.24) is 16.0 Å². The maximum atomic E-state index is 11.8. The second-order valence-corrected chi connectivity index (χ2v) is 6.00. The summed E-state index contributed by atoms with van der Waals surface area (Å²) in [5.74, 6) is 1.76. The molecule has 0 saturated carbocycles. The Labute approximate surface area is 139 Å². The van der Waals surface area contributed by atoms with Crippen LogP contribution in [0.3, 0.4) is 0 Å². The first-order valence-electron chi connectivity index (χ1n) is 8.31. The molecule has 0 bridgehead atoms. The van der Waals surface area contributed by atoms with Gasteiger partial charge in [0.25, 0.3) is 5.91 Å². The van der Waals surface area contributed by atoms with Gasteiger partial charge in [-0.2, -0.15) is 0 Å². The lowest BCUT2D eigenvalue weighted by molar-refractivity contribution is 0.0925. The number of aliphatic imine (C=N–C) groups is 1. The fourth-order valence-corrected chi connectivity index (χ4v) is 2.12. The quantitative estimate of drug-likeness (QED) is 0.370. The first-order chi connectivity index (χ1) is 11.0. The minimum atomic E-state index is -0.163. The van der Waals surface area contributed by atoms with E-state index in [1.165, 1.54) is 12.7 Å². The number of hydrogen-bond acceptors (Lipinski definition) is 3. The molecule has 1 amide bonds. The van der Waals surface area contributed by atoms with Gasteiger partial charge in [-0.15, -0.1) is 0 Å². The van der Waals surface area contributed by atoms with Gasteiger partial charge in [-0.05, 0) is 38.2 Å². The van der Waals surface area contributed by atoms with Crippen LogP contribution in [0.5, 0.6) is 0 Å². The Hall–Kier alpha value is -1.98. The van der Waals surface area contributed by atoms with E-state index in [0.29, 0.717) is 12.3 Å². The van der Waals surface area contributed by atoms with E-state index in [1.807, 2.05) is 6.92 Å². The molecule has 0 unspecified atom stereocenters. The number of rotatable bonds is 9. The highest BCUT2D eigenvalue weighted by Crippen LogP contribution is 2.07. The van der Waals surface area contributed by atoms with E-state index in [4.69, 9.17) is 4.42 Å². The van der Waals surface area contributed by atoms with Crippen molar-refractivity contribution in [2.75, 3.05) is 26.7 Å². The van der Waals surface area contributed by atoms with E-state index < -0.39 is 0 Å². The summed E-state index contributed by atoms with van der Waals surface area (Å²) in [6.07, 6.45) is 4.69. The molecule has 1 aromatic heterocycles. The maximum absolute atomic E-state index is 11.8. The minimum Gasteiger partial charge on any atom is -0.459 e. The molecule has 0 spiro atoms. The van der Waals surface area contributed by atoms with Gasteiger partial charge in [-0.3, -0.25) is 9.79 Å². The largest absolute Gasteiger partial charge is 0.459 e. The molecule has 0 aliphatic rings. The number of hydrogen-bond donors (Lipinski definition) is 3. The Balaban J connectivity index is 2.11. The van der Waals surface area contributed by atoms with Crippen molar-refractivity contribution in [1.29, 1.82) is 0 Å². The van der Waals surface area contributed by atoms with Crippen molar-refractivity contribution in [2.24, 2.45) is 10.9 Å². The zero-order chi connectivity index (χ0) is 17.1. The van der Waals surface area contributed by atoms with E-state index in [9.17, 15) is 4.79 Å². The number of carbonyl (C=O) groups excluding carboxylic acids is 1. The van der Waals surface area contributed by atoms with Crippen LogP contribution in [0.2, 0.25) is 0 Å². The third-order valence-corrected chi connectivity index (χ3v) is 3.47. The monoisotopic (exact) mass is 322 g/mol. The third kappa shape index (κ3) is 7.72. The normalized spacial score (nSPS) is 11.6. The Morgan fingerprint density at radius 1 is 1.17 bits per heavy atom. The van der Waals surface area contributed by atoms with E-state index in [0.717, 1.165) is 43.4 Å². The van der Waals surface area contributed by atoms with Crippen LogP contribution in [0.1, 0.15) is 49.2 Å². The number of amides is 1. The van der Waals surface area contributed by atoms with Crippen LogP contribution in [0.25, 0.3) is 0 Å². The average Bonchev–Trinajstić information content (AvgIpc) is 2.94. The Bertz CT molecular complexity index is 495. The molecule has 0 aliphatic heterocycles. The Morgan fingerprint density at radius 3 is 2.39 bits per heavy atom. The van der Waals surface area contributed by atoms with Crippen molar-refractivity contribution >= 4 is 11.9 Å². The predicted molar refractivity (Wildman–Crippen MR) is 93.8 cm³/mol. The highest BCUT2D eigenvalue weighted by atomic mass is 16.3. The summed E-state index contributed by atoms with van der Waals surface area (Å²) in [6, 6.07) is 1.78. The molecular formula is C17H30N4O2. The molecular weight excluding hydrogens is 292 g/mol. The van der Waals surface area contributed by atoms with E-state index in [-0.39, 0.29) is 5.91 Å². The van der Waals surface area contributed by atoms with Crippen molar-refractivity contribution in [3.8, 4) is 0 Å². The van der Waals surface area contributed by atoms with Crippen molar-refractivity contribution in [3.63, 3.8) is 0 Å². The smallest absolute Gasteiger partial charge is 0.287 e. The summed E-state index contributed by atoms with van der Waals surface area (Å²) in [5.41, 5.74) is 0.853. The summed E-state index contributed by atoms with van der Waals surface area (Å²) < 4.78 is 5.15. The molecule has 0 aromatic carbocycles. The molecule has 6 heteroatoms. The van der Waals surface area contributed by atoms with E-state index >= 15 is 0 Å². The van der Waals surface area contributed by atoms with Gasteiger partial charge in [-0.25, -0.2) is 0 Å². The second kappa shape index (κ2) is 10.7. The minimum absolute atomic E-state index is 0.163.